The Balaban J connectivity index is 1.32. The van der Waals surface area contributed by atoms with E-state index in [2.05, 4.69) is 34.1 Å². The first-order chi connectivity index (χ1) is 14.1. The lowest BCUT2D eigenvalue weighted by molar-refractivity contribution is -0.138. The van der Waals surface area contributed by atoms with Crippen LogP contribution in [0.3, 0.4) is 0 Å². The molecule has 2 aromatic carbocycles. The Hall–Kier alpha value is -2.27. The molecule has 0 radical (unpaired) electrons. The molecule has 3 fully saturated rings. The molecule has 3 nitrogen and oxygen atoms in total. The molecule has 5 heteroatoms. The van der Waals surface area contributed by atoms with Gasteiger partial charge in [-0.25, -0.2) is 8.78 Å². The maximum absolute atomic E-state index is 14.6. The van der Waals surface area contributed by atoms with Crippen molar-refractivity contribution in [2.24, 2.45) is 5.92 Å². The number of hydrogen-bond acceptors (Lipinski definition) is 2. The Kier molecular flexibility index (Phi) is 3.71. The summed E-state index contributed by atoms with van der Waals surface area (Å²) in [5.41, 5.74) is 2.59. The zero-order chi connectivity index (χ0) is 19.8. The summed E-state index contributed by atoms with van der Waals surface area (Å²) in [7, 11) is 0. The van der Waals surface area contributed by atoms with Gasteiger partial charge in [0, 0.05) is 30.1 Å². The van der Waals surface area contributed by atoms with Crippen LogP contribution in [0.25, 0.3) is 0 Å². The first kappa shape index (κ1) is 17.6. The molecule has 0 unspecified atom stereocenters. The van der Waals surface area contributed by atoms with Crippen LogP contribution in [0.1, 0.15) is 42.0 Å². The van der Waals surface area contributed by atoms with E-state index in [1.54, 1.807) is 12.1 Å². The Morgan fingerprint density at radius 2 is 1.76 bits per heavy atom. The highest BCUT2D eigenvalue weighted by Gasteiger charge is 2.66. The predicted octanol–water partition coefficient (Wildman–Crippen LogP) is 3.87. The van der Waals surface area contributed by atoms with Crippen molar-refractivity contribution in [3.8, 4) is 0 Å². The van der Waals surface area contributed by atoms with Crippen molar-refractivity contribution in [1.82, 2.24) is 9.80 Å². The van der Waals surface area contributed by atoms with Crippen molar-refractivity contribution in [3.63, 3.8) is 0 Å². The van der Waals surface area contributed by atoms with E-state index in [4.69, 9.17) is 0 Å². The van der Waals surface area contributed by atoms with Crippen LogP contribution < -0.4 is 0 Å². The maximum atomic E-state index is 14.6. The minimum Gasteiger partial charge on any atom is -0.337 e. The lowest BCUT2D eigenvalue weighted by atomic mass is 9.85. The molecule has 3 saturated heterocycles. The molecule has 3 atom stereocenters. The number of rotatable bonds is 2. The van der Waals surface area contributed by atoms with Gasteiger partial charge in [-0.1, -0.05) is 36.4 Å². The summed E-state index contributed by atoms with van der Waals surface area (Å²) in [6.07, 6.45) is 4.34. The summed E-state index contributed by atoms with van der Waals surface area (Å²) >= 11 is 0. The van der Waals surface area contributed by atoms with Gasteiger partial charge in [-0.15, -0.1) is 0 Å². The Morgan fingerprint density at radius 3 is 2.52 bits per heavy atom. The normalized spacial score (nSPS) is 31.4. The largest absolute Gasteiger partial charge is 0.337 e. The monoisotopic (exact) mass is 394 g/mol. The third kappa shape index (κ3) is 2.28. The fourth-order valence-corrected chi connectivity index (χ4v) is 6.67. The lowest BCUT2D eigenvalue weighted by Crippen LogP contribution is -2.51. The lowest BCUT2D eigenvalue weighted by Gasteiger charge is -2.35. The Bertz CT molecular complexity index is 983. The molecule has 1 aliphatic carbocycles. The van der Waals surface area contributed by atoms with Gasteiger partial charge < -0.3 is 4.90 Å². The zero-order valence-electron chi connectivity index (χ0n) is 16.3. The van der Waals surface area contributed by atoms with Crippen molar-refractivity contribution in [2.45, 2.75) is 49.7 Å². The molecule has 0 saturated carbocycles. The quantitative estimate of drug-likeness (QED) is 0.772. The average Bonchev–Trinajstić information content (AvgIpc) is 3.45. The van der Waals surface area contributed by atoms with Crippen molar-refractivity contribution < 1.29 is 13.6 Å². The highest BCUT2D eigenvalue weighted by atomic mass is 19.2. The molecule has 2 aromatic rings. The SMILES string of the molecule is O=C1N(C2Cc3ccccc3C2)C[C@@H]2C[C@@H](c3cccc(F)c3F)N3CCC[C@@]123. The number of amides is 1. The van der Waals surface area contributed by atoms with Gasteiger partial charge in [0.05, 0.1) is 0 Å². The van der Waals surface area contributed by atoms with E-state index >= 15 is 0 Å². The highest BCUT2D eigenvalue weighted by Crippen LogP contribution is 2.57. The Labute approximate surface area is 169 Å². The van der Waals surface area contributed by atoms with E-state index in [1.165, 1.54) is 17.2 Å². The first-order valence-corrected chi connectivity index (χ1v) is 10.7. The number of likely N-dealkylation sites (tertiary alicyclic amines) is 1. The van der Waals surface area contributed by atoms with Crippen LogP contribution in [0.2, 0.25) is 0 Å². The maximum Gasteiger partial charge on any atom is 0.243 e. The summed E-state index contributed by atoms with van der Waals surface area (Å²) < 4.78 is 28.4. The van der Waals surface area contributed by atoms with Gasteiger partial charge in [-0.05, 0) is 55.8 Å². The van der Waals surface area contributed by atoms with Gasteiger partial charge in [-0.2, -0.15) is 0 Å². The van der Waals surface area contributed by atoms with E-state index in [-0.39, 0.29) is 23.9 Å². The molecular weight excluding hydrogens is 370 g/mol. The second kappa shape index (κ2) is 6.11. The third-order valence-electron chi connectivity index (χ3n) is 7.89. The minimum absolute atomic E-state index is 0.189. The second-order valence-electron chi connectivity index (χ2n) is 9.10. The van der Waals surface area contributed by atoms with E-state index < -0.39 is 17.2 Å². The molecule has 1 spiro atoms. The Morgan fingerprint density at radius 1 is 1.00 bits per heavy atom. The molecule has 4 aliphatic rings. The van der Waals surface area contributed by atoms with Gasteiger partial charge in [0.25, 0.3) is 0 Å². The average molecular weight is 394 g/mol. The second-order valence-corrected chi connectivity index (χ2v) is 9.10. The van der Waals surface area contributed by atoms with Gasteiger partial charge in [0.15, 0.2) is 11.6 Å². The summed E-state index contributed by atoms with van der Waals surface area (Å²) in [6.45, 7) is 1.52. The summed E-state index contributed by atoms with van der Waals surface area (Å²) in [5.74, 6) is -1.15. The number of fused-ring (bicyclic) bond motifs is 1. The highest BCUT2D eigenvalue weighted by molar-refractivity contribution is 5.90. The molecule has 1 amide bonds. The van der Waals surface area contributed by atoms with Gasteiger partial charge in [-0.3, -0.25) is 9.69 Å². The molecule has 29 heavy (non-hydrogen) atoms. The molecule has 0 bridgehead atoms. The van der Waals surface area contributed by atoms with E-state index in [0.717, 1.165) is 45.2 Å². The van der Waals surface area contributed by atoms with Crippen LogP contribution in [-0.4, -0.2) is 40.4 Å². The topological polar surface area (TPSA) is 23.6 Å². The fraction of sp³-hybridized carbons (Fsp3) is 0.458. The first-order valence-electron chi connectivity index (χ1n) is 10.7. The van der Waals surface area contributed by atoms with Gasteiger partial charge in [0.2, 0.25) is 5.91 Å². The summed E-state index contributed by atoms with van der Waals surface area (Å²) in [6, 6.07) is 12.9. The summed E-state index contributed by atoms with van der Waals surface area (Å²) in [4.78, 5) is 18.1. The van der Waals surface area contributed by atoms with Crippen LogP contribution in [0, 0.1) is 17.6 Å². The number of nitrogens with zero attached hydrogens (tertiary/aromatic N) is 2. The van der Waals surface area contributed by atoms with Crippen LogP contribution >= 0.6 is 0 Å². The van der Waals surface area contributed by atoms with Crippen molar-refractivity contribution >= 4 is 5.91 Å². The molecule has 0 N–H and O–H groups in total. The third-order valence-corrected chi connectivity index (χ3v) is 7.89. The summed E-state index contributed by atoms with van der Waals surface area (Å²) in [5, 5.41) is 0. The molecule has 3 aliphatic heterocycles. The fourth-order valence-electron chi connectivity index (χ4n) is 6.67. The van der Waals surface area contributed by atoms with Gasteiger partial charge >= 0.3 is 0 Å². The van der Waals surface area contributed by atoms with Crippen molar-refractivity contribution in [3.05, 3.63) is 70.8 Å². The van der Waals surface area contributed by atoms with Crippen LogP contribution in [0.5, 0.6) is 0 Å². The van der Waals surface area contributed by atoms with Crippen LogP contribution in [0.15, 0.2) is 42.5 Å². The van der Waals surface area contributed by atoms with Crippen LogP contribution in [0.4, 0.5) is 8.78 Å². The predicted molar refractivity (Wildman–Crippen MR) is 105 cm³/mol. The van der Waals surface area contributed by atoms with E-state index in [1.807, 2.05) is 0 Å². The number of halogens is 2. The van der Waals surface area contributed by atoms with E-state index in [9.17, 15) is 13.6 Å². The molecule has 0 aromatic heterocycles. The number of benzene rings is 2. The van der Waals surface area contributed by atoms with Crippen LogP contribution in [-0.2, 0) is 17.6 Å². The zero-order valence-corrected chi connectivity index (χ0v) is 16.3. The standard InChI is InChI=1S/C24H24F2N2O/c25-20-8-3-7-19(22(20)26)21-13-17-14-27(23(29)24(17)9-4-10-28(21)24)18-11-15-5-1-2-6-16(15)12-18/h1-3,5-8,17-18,21H,4,9-14H2/t17-,21-,24-/m0/s1. The van der Waals surface area contributed by atoms with Crippen molar-refractivity contribution in [1.29, 1.82) is 0 Å². The smallest absolute Gasteiger partial charge is 0.243 e. The number of hydrogen-bond donors (Lipinski definition) is 0. The molecular formula is C24H24F2N2O. The minimum atomic E-state index is -0.801. The van der Waals surface area contributed by atoms with Gasteiger partial charge in [0.1, 0.15) is 5.54 Å². The number of carbonyl (C=O) groups excluding carboxylic acids is 1. The molecule has 3 heterocycles. The molecule has 150 valence electrons. The molecule has 6 rings (SSSR count). The van der Waals surface area contributed by atoms with E-state index in [0.29, 0.717) is 5.56 Å². The number of carbonyl (C=O) groups is 1. The van der Waals surface area contributed by atoms with Crippen molar-refractivity contribution in [2.75, 3.05) is 13.1 Å².